The lowest BCUT2D eigenvalue weighted by Crippen LogP contribution is -2.32. The van der Waals surface area contributed by atoms with E-state index in [0.717, 1.165) is 45.5 Å². The van der Waals surface area contributed by atoms with Crippen molar-refractivity contribution in [2.24, 2.45) is 0 Å². The van der Waals surface area contributed by atoms with Gasteiger partial charge in [0.1, 0.15) is 5.82 Å². The number of fused-ring (bicyclic) bond motifs is 2. The number of carbonyl (C=O) groups is 1. The van der Waals surface area contributed by atoms with Crippen molar-refractivity contribution in [3.05, 3.63) is 70.7 Å². The van der Waals surface area contributed by atoms with Gasteiger partial charge in [-0.2, -0.15) is 0 Å². The van der Waals surface area contributed by atoms with Crippen LogP contribution in [-0.4, -0.2) is 16.6 Å². The maximum Gasteiger partial charge on any atom is 0.224 e. The van der Waals surface area contributed by atoms with Crippen LogP contribution in [0.5, 0.6) is 0 Å². The third-order valence-electron chi connectivity index (χ3n) is 5.18. The summed E-state index contributed by atoms with van der Waals surface area (Å²) >= 11 is 1.52. The van der Waals surface area contributed by atoms with E-state index in [-0.39, 0.29) is 24.2 Å². The summed E-state index contributed by atoms with van der Waals surface area (Å²) < 4.78 is 14.0. The molecule has 1 N–H and O–H groups in total. The van der Waals surface area contributed by atoms with Crippen LogP contribution in [0.4, 0.5) is 4.39 Å². The highest BCUT2D eigenvalue weighted by Gasteiger charge is 2.25. The molecule has 3 nitrogen and oxygen atoms in total. The number of benzene rings is 2. The Morgan fingerprint density at radius 3 is 2.89 bits per heavy atom. The minimum atomic E-state index is -0.207. The Bertz CT molecular complexity index is 1030. The number of thioether (sulfide) groups is 1. The van der Waals surface area contributed by atoms with E-state index < -0.39 is 0 Å². The molecule has 1 aromatic heterocycles. The summed E-state index contributed by atoms with van der Waals surface area (Å²) in [7, 11) is 0. The molecule has 1 amide bonds. The predicted molar refractivity (Wildman–Crippen MR) is 108 cm³/mol. The fourth-order valence-electron chi connectivity index (χ4n) is 3.77. The molecule has 0 radical (unpaired) electrons. The molecule has 0 unspecified atom stereocenters. The monoisotopic (exact) mass is 380 g/mol. The molecule has 2 heterocycles. The second-order valence-electron chi connectivity index (χ2n) is 6.91. The van der Waals surface area contributed by atoms with Gasteiger partial charge < -0.3 is 5.32 Å². The van der Waals surface area contributed by atoms with Crippen molar-refractivity contribution < 1.29 is 9.18 Å². The van der Waals surface area contributed by atoms with Crippen LogP contribution in [0.3, 0.4) is 0 Å². The second kappa shape index (κ2) is 7.31. The first-order valence-corrected chi connectivity index (χ1v) is 10.1. The summed E-state index contributed by atoms with van der Waals surface area (Å²) in [6.45, 7) is 3.99. The van der Waals surface area contributed by atoms with Crippen molar-refractivity contribution in [2.45, 2.75) is 37.6 Å². The number of hydrogen-bond acceptors (Lipinski definition) is 3. The van der Waals surface area contributed by atoms with E-state index in [2.05, 4.69) is 10.3 Å². The van der Waals surface area contributed by atoms with Gasteiger partial charge in [0.25, 0.3) is 0 Å². The number of para-hydroxylation sites is 1. The standard InChI is InChI=1S/C22H21FN2OS/c1-13-15-6-3-4-9-19(15)24-14(2)17(13)12-21(26)25-20-10-11-27-22-16(20)7-5-8-18(22)23/h3-9,20H,10-12H2,1-2H3,(H,25,26)/t20-/m1/s1. The molecule has 1 aliphatic rings. The zero-order valence-electron chi connectivity index (χ0n) is 15.4. The third-order valence-corrected chi connectivity index (χ3v) is 6.34. The summed E-state index contributed by atoms with van der Waals surface area (Å²) in [4.78, 5) is 18.1. The number of pyridine rings is 1. The van der Waals surface area contributed by atoms with E-state index >= 15 is 0 Å². The maximum absolute atomic E-state index is 14.0. The van der Waals surface area contributed by atoms with E-state index in [4.69, 9.17) is 0 Å². The van der Waals surface area contributed by atoms with E-state index in [9.17, 15) is 9.18 Å². The number of rotatable bonds is 3. The average molecular weight is 380 g/mol. The second-order valence-corrected chi connectivity index (χ2v) is 8.02. The number of nitrogens with zero attached hydrogens (tertiary/aromatic N) is 1. The fraction of sp³-hybridized carbons (Fsp3) is 0.273. The van der Waals surface area contributed by atoms with Crippen LogP contribution in [0.2, 0.25) is 0 Å². The molecule has 0 saturated carbocycles. The maximum atomic E-state index is 14.0. The van der Waals surface area contributed by atoms with Crippen LogP contribution in [-0.2, 0) is 11.2 Å². The molecule has 0 saturated heterocycles. The minimum absolute atomic E-state index is 0.0506. The van der Waals surface area contributed by atoms with E-state index in [1.807, 2.05) is 44.2 Å². The average Bonchev–Trinajstić information content (AvgIpc) is 2.66. The molecule has 4 rings (SSSR count). The number of aryl methyl sites for hydroxylation is 2. The van der Waals surface area contributed by atoms with Gasteiger partial charge in [-0.1, -0.05) is 30.3 Å². The van der Waals surface area contributed by atoms with Crippen LogP contribution in [0, 0.1) is 19.7 Å². The zero-order chi connectivity index (χ0) is 19.0. The van der Waals surface area contributed by atoms with E-state index in [0.29, 0.717) is 4.90 Å². The topological polar surface area (TPSA) is 42.0 Å². The van der Waals surface area contributed by atoms with Crippen LogP contribution < -0.4 is 5.32 Å². The Hall–Kier alpha value is -2.40. The first-order chi connectivity index (χ1) is 13.0. The van der Waals surface area contributed by atoms with Crippen LogP contribution in [0.15, 0.2) is 47.4 Å². The van der Waals surface area contributed by atoms with Gasteiger partial charge in [-0.25, -0.2) is 4.39 Å². The molecule has 0 spiro atoms. The lowest BCUT2D eigenvalue weighted by molar-refractivity contribution is -0.121. The van der Waals surface area contributed by atoms with E-state index in [1.165, 1.54) is 17.8 Å². The Morgan fingerprint density at radius 2 is 2.04 bits per heavy atom. The molecule has 0 aliphatic carbocycles. The van der Waals surface area contributed by atoms with Gasteiger partial charge in [0, 0.05) is 21.7 Å². The largest absolute Gasteiger partial charge is 0.349 e. The molecule has 1 atom stereocenters. The smallest absolute Gasteiger partial charge is 0.224 e. The molecule has 5 heteroatoms. The summed E-state index contributed by atoms with van der Waals surface area (Å²) in [6.07, 6.45) is 1.09. The molecule has 138 valence electrons. The number of carbonyl (C=O) groups excluding carboxylic acids is 1. The van der Waals surface area contributed by atoms with E-state index in [1.54, 1.807) is 6.07 Å². The van der Waals surface area contributed by atoms with Gasteiger partial charge in [-0.05, 0) is 49.1 Å². The molecule has 0 fully saturated rings. The fourth-order valence-corrected chi connectivity index (χ4v) is 4.91. The lowest BCUT2D eigenvalue weighted by atomic mass is 9.98. The van der Waals surface area contributed by atoms with Crippen LogP contribution >= 0.6 is 11.8 Å². The Kier molecular flexibility index (Phi) is 4.87. The van der Waals surface area contributed by atoms with Crippen LogP contribution in [0.1, 0.15) is 34.8 Å². The number of halogens is 1. The van der Waals surface area contributed by atoms with Gasteiger partial charge in [0.05, 0.1) is 18.0 Å². The molecule has 2 aromatic carbocycles. The molecular weight excluding hydrogens is 359 g/mol. The summed E-state index contributed by atoms with van der Waals surface area (Å²) in [5, 5.41) is 4.18. The summed E-state index contributed by atoms with van der Waals surface area (Å²) in [5.74, 6) is 0.543. The van der Waals surface area contributed by atoms with Gasteiger partial charge in [0.15, 0.2) is 0 Å². The van der Waals surface area contributed by atoms with Crippen molar-refractivity contribution in [1.82, 2.24) is 10.3 Å². The van der Waals surface area contributed by atoms with Crippen molar-refractivity contribution in [3.8, 4) is 0 Å². The molecule has 0 bridgehead atoms. The SMILES string of the molecule is Cc1nc2ccccc2c(C)c1CC(=O)N[C@@H]1CCSc2c(F)cccc21. The third kappa shape index (κ3) is 3.44. The predicted octanol–water partition coefficient (Wildman–Crippen LogP) is 4.89. The highest BCUT2D eigenvalue weighted by molar-refractivity contribution is 7.99. The highest BCUT2D eigenvalue weighted by Crippen LogP contribution is 2.37. The van der Waals surface area contributed by atoms with Crippen molar-refractivity contribution in [3.63, 3.8) is 0 Å². The van der Waals surface area contributed by atoms with Gasteiger partial charge in [0.2, 0.25) is 5.91 Å². The lowest BCUT2D eigenvalue weighted by Gasteiger charge is -2.26. The molecule has 27 heavy (non-hydrogen) atoms. The van der Waals surface area contributed by atoms with Crippen LogP contribution in [0.25, 0.3) is 10.9 Å². The van der Waals surface area contributed by atoms with Gasteiger partial charge in [-0.3, -0.25) is 9.78 Å². The normalized spacial score (nSPS) is 16.2. The van der Waals surface area contributed by atoms with Crippen molar-refractivity contribution in [2.75, 3.05) is 5.75 Å². The van der Waals surface area contributed by atoms with Crippen molar-refractivity contribution in [1.29, 1.82) is 0 Å². The minimum Gasteiger partial charge on any atom is -0.349 e. The quantitative estimate of drug-likeness (QED) is 0.704. The van der Waals surface area contributed by atoms with Gasteiger partial charge >= 0.3 is 0 Å². The molecular formula is C22H21FN2OS. The Balaban J connectivity index is 1.58. The number of amides is 1. The number of aromatic nitrogens is 1. The Morgan fingerprint density at radius 1 is 1.22 bits per heavy atom. The Labute approximate surface area is 162 Å². The first kappa shape index (κ1) is 18.0. The first-order valence-electron chi connectivity index (χ1n) is 9.10. The van der Waals surface area contributed by atoms with Gasteiger partial charge in [-0.15, -0.1) is 11.8 Å². The van der Waals surface area contributed by atoms with Crippen molar-refractivity contribution >= 4 is 28.6 Å². The summed E-state index contributed by atoms with van der Waals surface area (Å²) in [6, 6.07) is 12.9. The summed E-state index contributed by atoms with van der Waals surface area (Å²) in [5.41, 5.74) is 4.77. The zero-order valence-corrected chi connectivity index (χ0v) is 16.2. The number of hydrogen-bond donors (Lipinski definition) is 1. The molecule has 1 aliphatic heterocycles. The highest BCUT2D eigenvalue weighted by atomic mass is 32.2. The number of nitrogens with one attached hydrogen (secondary N) is 1. The molecule has 3 aromatic rings.